The first-order valence-corrected chi connectivity index (χ1v) is 10.7. The Hall–Kier alpha value is -2.62. The number of amides is 2. The van der Waals surface area contributed by atoms with Crippen LogP contribution in [-0.2, 0) is 22.6 Å². The summed E-state index contributed by atoms with van der Waals surface area (Å²) >= 11 is 0. The quantitative estimate of drug-likeness (QED) is 0.564. The van der Waals surface area contributed by atoms with Gasteiger partial charge >= 0.3 is 0 Å². The molecule has 0 saturated heterocycles. The molecule has 0 aliphatic carbocycles. The molecule has 1 atom stereocenters. The molecule has 29 heavy (non-hydrogen) atoms. The van der Waals surface area contributed by atoms with E-state index >= 15 is 0 Å². The van der Waals surface area contributed by atoms with Crippen molar-refractivity contribution in [3.8, 4) is 0 Å². The Bertz CT molecular complexity index is 773. The molecule has 0 aliphatic heterocycles. The molecule has 0 radical (unpaired) electrons. The molecule has 0 bridgehead atoms. The summed E-state index contributed by atoms with van der Waals surface area (Å²) in [6.07, 6.45) is 3.67. The smallest absolute Gasteiger partial charge is 0.243 e. The highest BCUT2D eigenvalue weighted by Gasteiger charge is 2.29. The van der Waals surface area contributed by atoms with Gasteiger partial charge in [0.15, 0.2) is 0 Å². The number of carbonyl (C=O) groups excluding carboxylic acids is 2. The molecule has 4 nitrogen and oxygen atoms in total. The molecular weight excluding hydrogens is 360 g/mol. The van der Waals surface area contributed by atoms with Crippen LogP contribution in [-0.4, -0.2) is 29.3 Å². The Balaban J connectivity index is 2.33. The Labute approximate surface area is 175 Å². The van der Waals surface area contributed by atoms with E-state index in [9.17, 15) is 9.59 Å². The Kier molecular flexibility index (Phi) is 9.42. The third-order valence-corrected chi connectivity index (χ3v) is 5.17. The number of benzene rings is 2. The van der Waals surface area contributed by atoms with Crippen LogP contribution in [0.2, 0.25) is 0 Å². The zero-order chi connectivity index (χ0) is 21.1. The summed E-state index contributed by atoms with van der Waals surface area (Å²) < 4.78 is 0. The molecule has 0 aliphatic rings. The number of aryl methyl sites for hydroxylation is 1. The number of carbonyl (C=O) groups is 2. The minimum Gasteiger partial charge on any atom is -0.354 e. The molecule has 0 heterocycles. The van der Waals surface area contributed by atoms with Crippen LogP contribution in [0.25, 0.3) is 0 Å². The van der Waals surface area contributed by atoms with E-state index in [1.54, 1.807) is 4.90 Å². The lowest BCUT2D eigenvalue weighted by molar-refractivity contribution is -0.141. The third kappa shape index (κ3) is 7.04. The second-order valence-electron chi connectivity index (χ2n) is 7.55. The summed E-state index contributed by atoms with van der Waals surface area (Å²) in [5.74, 6) is -0.0392. The fraction of sp³-hybridized carbons (Fsp3) is 0.440. The van der Waals surface area contributed by atoms with Gasteiger partial charge in [0, 0.05) is 25.9 Å². The lowest BCUT2D eigenvalue weighted by Crippen LogP contribution is -2.50. The molecule has 4 heteroatoms. The van der Waals surface area contributed by atoms with Gasteiger partial charge in [-0.25, -0.2) is 0 Å². The van der Waals surface area contributed by atoms with E-state index in [-0.39, 0.29) is 11.8 Å². The number of rotatable bonds is 11. The van der Waals surface area contributed by atoms with Crippen molar-refractivity contribution in [2.24, 2.45) is 0 Å². The van der Waals surface area contributed by atoms with Crippen LogP contribution in [0.5, 0.6) is 0 Å². The molecule has 2 rings (SSSR count). The predicted octanol–water partition coefficient (Wildman–Crippen LogP) is 4.65. The van der Waals surface area contributed by atoms with Gasteiger partial charge in [-0.1, -0.05) is 74.9 Å². The zero-order valence-electron chi connectivity index (χ0n) is 18.0. The lowest BCUT2D eigenvalue weighted by atomic mass is 10.0. The van der Waals surface area contributed by atoms with Crippen molar-refractivity contribution in [3.05, 3.63) is 71.3 Å². The Morgan fingerprint density at radius 1 is 0.966 bits per heavy atom. The van der Waals surface area contributed by atoms with Crippen LogP contribution in [0.15, 0.2) is 54.6 Å². The molecule has 0 unspecified atom stereocenters. The second kappa shape index (κ2) is 12.1. The Morgan fingerprint density at radius 2 is 1.66 bits per heavy atom. The molecule has 0 saturated carbocycles. The van der Waals surface area contributed by atoms with Crippen molar-refractivity contribution >= 4 is 11.8 Å². The van der Waals surface area contributed by atoms with Crippen molar-refractivity contribution in [1.82, 2.24) is 10.2 Å². The summed E-state index contributed by atoms with van der Waals surface area (Å²) in [4.78, 5) is 28.0. The monoisotopic (exact) mass is 394 g/mol. The maximum Gasteiger partial charge on any atom is 0.243 e. The maximum absolute atomic E-state index is 13.1. The average molecular weight is 395 g/mol. The summed E-state index contributed by atoms with van der Waals surface area (Å²) in [7, 11) is 0. The zero-order valence-corrected chi connectivity index (χ0v) is 18.0. The number of hydrogen-bond acceptors (Lipinski definition) is 2. The SMILES string of the molecule is CCCCNC(=O)[C@H](Cc1ccccc1)N(Cc1ccccc1C)C(=O)CCC. The van der Waals surface area contributed by atoms with Gasteiger partial charge in [-0.05, 0) is 36.5 Å². The molecule has 1 N–H and O–H groups in total. The van der Waals surface area contributed by atoms with Crippen LogP contribution in [0, 0.1) is 6.92 Å². The van der Waals surface area contributed by atoms with E-state index < -0.39 is 6.04 Å². The van der Waals surface area contributed by atoms with Crippen molar-refractivity contribution in [3.63, 3.8) is 0 Å². The first-order valence-electron chi connectivity index (χ1n) is 10.7. The van der Waals surface area contributed by atoms with Crippen LogP contribution in [0.4, 0.5) is 0 Å². The molecule has 0 spiro atoms. The van der Waals surface area contributed by atoms with Gasteiger partial charge in [-0.15, -0.1) is 0 Å². The fourth-order valence-electron chi connectivity index (χ4n) is 3.39. The Morgan fingerprint density at radius 3 is 2.31 bits per heavy atom. The van der Waals surface area contributed by atoms with E-state index in [1.165, 1.54) is 0 Å². The van der Waals surface area contributed by atoms with Gasteiger partial charge in [0.25, 0.3) is 0 Å². The molecule has 2 aromatic carbocycles. The highest BCUT2D eigenvalue weighted by atomic mass is 16.2. The normalized spacial score (nSPS) is 11.7. The molecule has 0 aromatic heterocycles. The highest BCUT2D eigenvalue weighted by Crippen LogP contribution is 2.18. The fourth-order valence-corrected chi connectivity index (χ4v) is 3.39. The van der Waals surface area contributed by atoms with Gasteiger partial charge in [-0.2, -0.15) is 0 Å². The summed E-state index contributed by atoms with van der Waals surface area (Å²) in [6.45, 7) is 7.23. The summed E-state index contributed by atoms with van der Waals surface area (Å²) in [5, 5.41) is 3.05. The van der Waals surface area contributed by atoms with Crippen molar-refractivity contribution in [2.75, 3.05) is 6.54 Å². The first-order chi connectivity index (χ1) is 14.1. The van der Waals surface area contributed by atoms with Gasteiger partial charge in [0.05, 0.1) is 0 Å². The first kappa shape index (κ1) is 22.7. The highest BCUT2D eigenvalue weighted by molar-refractivity contribution is 5.88. The molecule has 0 fully saturated rings. The van der Waals surface area contributed by atoms with E-state index in [4.69, 9.17) is 0 Å². The average Bonchev–Trinajstić information content (AvgIpc) is 2.73. The van der Waals surface area contributed by atoms with Gasteiger partial charge in [-0.3, -0.25) is 9.59 Å². The van der Waals surface area contributed by atoms with Crippen molar-refractivity contribution in [1.29, 1.82) is 0 Å². The lowest BCUT2D eigenvalue weighted by Gasteiger charge is -2.32. The topological polar surface area (TPSA) is 49.4 Å². The van der Waals surface area contributed by atoms with E-state index in [0.717, 1.165) is 36.0 Å². The van der Waals surface area contributed by atoms with Crippen molar-refractivity contribution < 1.29 is 9.59 Å². The third-order valence-electron chi connectivity index (χ3n) is 5.17. The standard InChI is InChI=1S/C25H34N2O2/c1-4-6-17-26-25(29)23(18-21-14-8-7-9-15-21)27(24(28)12-5-2)19-22-16-11-10-13-20(22)3/h7-11,13-16,23H,4-6,12,17-19H2,1-3H3,(H,26,29)/t23-/m0/s1. The van der Waals surface area contributed by atoms with Crippen LogP contribution >= 0.6 is 0 Å². The number of nitrogens with one attached hydrogen (secondary N) is 1. The predicted molar refractivity (Wildman–Crippen MR) is 118 cm³/mol. The van der Waals surface area contributed by atoms with Gasteiger partial charge in [0.2, 0.25) is 11.8 Å². The molecule has 156 valence electrons. The minimum absolute atomic E-state index is 0.0299. The number of hydrogen-bond donors (Lipinski definition) is 1. The largest absolute Gasteiger partial charge is 0.354 e. The molecular formula is C25H34N2O2. The van der Waals surface area contributed by atoms with Crippen LogP contribution < -0.4 is 5.32 Å². The van der Waals surface area contributed by atoms with E-state index in [2.05, 4.69) is 12.2 Å². The van der Waals surface area contributed by atoms with Crippen molar-refractivity contribution in [2.45, 2.75) is 65.5 Å². The number of nitrogens with zero attached hydrogens (tertiary/aromatic N) is 1. The van der Waals surface area contributed by atoms with Crippen LogP contribution in [0.1, 0.15) is 56.2 Å². The summed E-state index contributed by atoms with van der Waals surface area (Å²) in [5.41, 5.74) is 3.27. The number of unbranched alkanes of at least 4 members (excludes halogenated alkanes) is 1. The maximum atomic E-state index is 13.1. The minimum atomic E-state index is -0.520. The summed E-state index contributed by atoms with van der Waals surface area (Å²) in [6, 6.07) is 17.5. The van der Waals surface area contributed by atoms with Gasteiger partial charge in [0.1, 0.15) is 6.04 Å². The van der Waals surface area contributed by atoms with E-state index in [0.29, 0.717) is 25.9 Å². The van der Waals surface area contributed by atoms with Gasteiger partial charge < -0.3 is 10.2 Å². The molecule has 2 amide bonds. The van der Waals surface area contributed by atoms with E-state index in [1.807, 2.05) is 68.4 Å². The van der Waals surface area contributed by atoms with Crippen LogP contribution in [0.3, 0.4) is 0 Å². The second-order valence-corrected chi connectivity index (χ2v) is 7.55. The molecule has 2 aromatic rings.